The topological polar surface area (TPSA) is 59.1 Å². The Morgan fingerprint density at radius 1 is 0.880 bits per heavy atom. The van der Waals surface area contributed by atoms with E-state index in [0.717, 1.165) is 38.8 Å². The van der Waals surface area contributed by atoms with Gasteiger partial charge in [-0.2, -0.15) is 0 Å². The molecule has 2 amide bonds. The molecule has 2 aliphatic rings. The van der Waals surface area contributed by atoms with Gasteiger partial charge in [0.15, 0.2) is 0 Å². The predicted molar refractivity (Wildman–Crippen MR) is 94.0 cm³/mol. The average Bonchev–Trinajstić information content (AvgIpc) is 3.21. The Morgan fingerprint density at radius 3 is 1.96 bits per heavy atom. The molecule has 2 fully saturated rings. The number of methoxy groups -OCH3 is 2. The lowest BCUT2D eigenvalue weighted by Gasteiger charge is -2.33. The van der Waals surface area contributed by atoms with Crippen LogP contribution >= 0.6 is 0 Å². The largest absolute Gasteiger partial charge is 0.497 e. The van der Waals surface area contributed by atoms with Crippen LogP contribution in [0.1, 0.15) is 36.0 Å². The Labute approximate surface area is 148 Å². The minimum Gasteiger partial charge on any atom is -0.497 e. The molecular weight excluding hydrogens is 320 g/mol. The lowest BCUT2D eigenvalue weighted by Crippen LogP contribution is -2.43. The third-order valence-corrected chi connectivity index (χ3v) is 5.15. The number of piperidine rings is 1. The van der Waals surface area contributed by atoms with Crippen molar-refractivity contribution >= 4 is 11.8 Å². The molecule has 0 aromatic heterocycles. The SMILES string of the molecule is COc1cc(OC)cc(C(=O)N2CCC(C(=O)N3CCCC3)CC2)c1. The molecule has 0 atom stereocenters. The van der Waals surface area contributed by atoms with Gasteiger partial charge in [0, 0.05) is 43.7 Å². The monoisotopic (exact) mass is 346 g/mol. The van der Waals surface area contributed by atoms with Crippen molar-refractivity contribution in [1.82, 2.24) is 9.80 Å². The summed E-state index contributed by atoms with van der Waals surface area (Å²) in [6.07, 6.45) is 3.70. The highest BCUT2D eigenvalue weighted by molar-refractivity contribution is 5.95. The van der Waals surface area contributed by atoms with E-state index >= 15 is 0 Å². The van der Waals surface area contributed by atoms with Gasteiger partial charge >= 0.3 is 0 Å². The van der Waals surface area contributed by atoms with Crippen molar-refractivity contribution in [3.63, 3.8) is 0 Å². The van der Waals surface area contributed by atoms with Crippen LogP contribution < -0.4 is 9.47 Å². The molecule has 136 valence electrons. The molecule has 6 heteroatoms. The van der Waals surface area contributed by atoms with E-state index in [-0.39, 0.29) is 17.7 Å². The number of likely N-dealkylation sites (tertiary alicyclic amines) is 2. The molecule has 0 radical (unpaired) electrons. The van der Waals surface area contributed by atoms with Crippen LogP contribution in [0.4, 0.5) is 0 Å². The minimum atomic E-state index is -0.0377. The Bertz CT molecular complexity index is 610. The summed E-state index contributed by atoms with van der Waals surface area (Å²) in [6.45, 7) is 3.01. The molecule has 3 rings (SSSR count). The van der Waals surface area contributed by atoms with Crippen molar-refractivity contribution in [2.45, 2.75) is 25.7 Å². The molecule has 1 aromatic rings. The number of hydrogen-bond acceptors (Lipinski definition) is 4. The van der Waals surface area contributed by atoms with Gasteiger partial charge in [0.1, 0.15) is 11.5 Å². The molecule has 0 spiro atoms. The zero-order valence-corrected chi connectivity index (χ0v) is 15.0. The maximum Gasteiger partial charge on any atom is 0.254 e. The highest BCUT2D eigenvalue weighted by atomic mass is 16.5. The van der Waals surface area contributed by atoms with E-state index in [1.165, 1.54) is 0 Å². The van der Waals surface area contributed by atoms with Crippen molar-refractivity contribution < 1.29 is 19.1 Å². The van der Waals surface area contributed by atoms with E-state index in [0.29, 0.717) is 30.2 Å². The smallest absolute Gasteiger partial charge is 0.254 e. The zero-order chi connectivity index (χ0) is 17.8. The molecule has 0 bridgehead atoms. The first-order chi connectivity index (χ1) is 12.1. The number of hydrogen-bond donors (Lipinski definition) is 0. The van der Waals surface area contributed by atoms with Gasteiger partial charge in [0.25, 0.3) is 5.91 Å². The first-order valence-electron chi connectivity index (χ1n) is 8.93. The summed E-state index contributed by atoms with van der Waals surface area (Å²) in [5.41, 5.74) is 0.556. The molecule has 2 heterocycles. The second kappa shape index (κ2) is 7.76. The molecule has 0 unspecified atom stereocenters. The average molecular weight is 346 g/mol. The quantitative estimate of drug-likeness (QED) is 0.838. The fourth-order valence-corrected chi connectivity index (χ4v) is 3.64. The Balaban J connectivity index is 1.62. The number of amides is 2. The molecular formula is C19H26N2O4. The van der Waals surface area contributed by atoms with E-state index in [1.54, 1.807) is 32.4 Å². The summed E-state index contributed by atoms with van der Waals surface area (Å²) in [5.74, 6) is 1.49. The number of ether oxygens (including phenoxy) is 2. The minimum absolute atomic E-state index is 0.0377. The molecule has 1 aromatic carbocycles. The van der Waals surface area contributed by atoms with Crippen LogP contribution in [0.2, 0.25) is 0 Å². The standard InChI is InChI=1S/C19H26N2O4/c1-24-16-11-15(12-17(13-16)25-2)19(23)21-9-5-14(6-10-21)18(22)20-7-3-4-8-20/h11-14H,3-10H2,1-2H3. The van der Waals surface area contributed by atoms with E-state index in [9.17, 15) is 9.59 Å². The lowest BCUT2D eigenvalue weighted by atomic mass is 9.95. The van der Waals surface area contributed by atoms with Crippen LogP contribution in [0.5, 0.6) is 11.5 Å². The van der Waals surface area contributed by atoms with Crippen molar-refractivity contribution in [1.29, 1.82) is 0 Å². The summed E-state index contributed by atoms with van der Waals surface area (Å²) in [6, 6.07) is 5.20. The number of carbonyl (C=O) groups is 2. The van der Waals surface area contributed by atoms with Gasteiger partial charge in [-0.1, -0.05) is 0 Å². The highest BCUT2D eigenvalue weighted by Gasteiger charge is 2.31. The van der Waals surface area contributed by atoms with Crippen LogP contribution in [0.3, 0.4) is 0 Å². The summed E-state index contributed by atoms with van der Waals surface area (Å²) < 4.78 is 10.5. The van der Waals surface area contributed by atoms with Crippen molar-refractivity contribution in [2.24, 2.45) is 5.92 Å². The molecule has 6 nitrogen and oxygen atoms in total. The second-order valence-corrected chi connectivity index (χ2v) is 6.70. The van der Waals surface area contributed by atoms with Gasteiger partial charge in [-0.3, -0.25) is 9.59 Å². The van der Waals surface area contributed by atoms with Crippen LogP contribution in [0, 0.1) is 5.92 Å². The van der Waals surface area contributed by atoms with Crippen molar-refractivity contribution in [2.75, 3.05) is 40.4 Å². The van der Waals surface area contributed by atoms with E-state index < -0.39 is 0 Å². The van der Waals surface area contributed by atoms with Gasteiger partial charge in [0.05, 0.1) is 14.2 Å². The number of rotatable bonds is 4. The number of nitrogens with zero attached hydrogens (tertiary/aromatic N) is 2. The molecule has 0 saturated carbocycles. The molecule has 25 heavy (non-hydrogen) atoms. The van der Waals surface area contributed by atoms with Crippen molar-refractivity contribution in [3.05, 3.63) is 23.8 Å². The summed E-state index contributed by atoms with van der Waals surface area (Å²) in [5, 5.41) is 0. The van der Waals surface area contributed by atoms with Gasteiger partial charge < -0.3 is 19.3 Å². The van der Waals surface area contributed by atoms with E-state index in [1.807, 2.05) is 9.80 Å². The van der Waals surface area contributed by atoms with Gasteiger partial charge in [-0.05, 0) is 37.8 Å². The first kappa shape index (κ1) is 17.6. The fraction of sp³-hybridized carbons (Fsp3) is 0.579. The number of benzene rings is 1. The van der Waals surface area contributed by atoms with E-state index in [4.69, 9.17) is 9.47 Å². The second-order valence-electron chi connectivity index (χ2n) is 6.70. The predicted octanol–water partition coefficient (Wildman–Crippen LogP) is 2.18. The molecule has 0 aliphatic carbocycles. The lowest BCUT2D eigenvalue weighted by molar-refractivity contribution is -0.135. The maximum absolute atomic E-state index is 12.8. The number of carbonyl (C=O) groups excluding carboxylic acids is 2. The third-order valence-electron chi connectivity index (χ3n) is 5.15. The summed E-state index contributed by atoms with van der Waals surface area (Å²) in [7, 11) is 3.14. The van der Waals surface area contributed by atoms with Crippen LogP contribution in [-0.4, -0.2) is 62.0 Å². The Kier molecular flexibility index (Phi) is 5.46. The van der Waals surface area contributed by atoms with Crippen molar-refractivity contribution in [3.8, 4) is 11.5 Å². The van der Waals surface area contributed by atoms with E-state index in [2.05, 4.69) is 0 Å². The molecule has 2 saturated heterocycles. The summed E-state index contributed by atoms with van der Waals surface area (Å²) in [4.78, 5) is 29.1. The molecule has 2 aliphatic heterocycles. The Hall–Kier alpha value is -2.24. The van der Waals surface area contributed by atoms with Crippen LogP contribution in [0.15, 0.2) is 18.2 Å². The maximum atomic E-state index is 12.8. The van der Waals surface area contributed by atoms with Crippen LogP contribution in [0.25, 0.3) is 0 Å². The molecule has 0 N–H and O–H groups in total. The highest BCUT2D eigenvalue weighted by Crippen LogP contribution is 2.26. The third kappa shape index (κ3) is 3.89. The van der Waals surface area contributed by atoms with Gasteiger partial charge in [-0.15, -0.1) is 0 Å². The van der Waals surface area contributed by atoms with Crippen LogP contribution in [-0.2, 0) is 4.79 Å². The Morgan fingerprint density at radius 2 is 1.44 bits per heavy atom. The zero-order valence-electron chi connectivity index (χ0n) is 15.0. The first-order valence-corrected chi connectivity index (χ1v) is 8.93. The fourth-order valence-electron chi connectivity index (χ4n) is 3.64. The normalized spacial score (nSPS) is 18.3. The van der Waals surface area contributed by atoms with Gasteiger partial charge in [0.2, 0.25) is 5.91 Å². The van der Waals surface area contributed by atoms with Gasteiger partial charge in [-0.25, -0.2) is 0 Å². The summed E-state index contributed by atoms with van der Waals surface area (Å²) >= 11 is 0.